The van der Waals surface area contributed by atoms with Crippen LogP contribution in [0.15, 0.2) is 18.3 Å². The summed E-state index contributed by atoms with van der Waals surface area (Å²) in [5, 5.41) is 36.5. The second-order valence-corrected chi connectivity index (χ2v) is 5.42. The minimum Gasteiger partial charge on any atom is -0.536 e. The third kappa shape index (κ3) is 3.03. The number of hydrogen-bond donors (Lipinski definition) is 3. The molecule has 9 heteroatoms. The van der Waals surface area contributed by atoms with Crippen LogP contribution < -0.4 is 9.39 Å². The number of rotatable bonds is 5. The van der Waals surface area contributed by atoms with E-state index in [4.69, 9.17) is 14.5 Å². The molecule has 1 aliphatic heterocycles. The Hall–Kier alpha value is -2.10. The van der Waals surface area contributed by atoms with E-state index in [1.807, 2.05) is 6.07 Å². The molecule has 0 saturated heterocycles. The van der Waals surface area contributed by atoms with Gasteiger partial charge in [-0.25, -0.2) is 0 Å². The highest BCUT2D eigenvalue weighted by atomic mass is 16.5. The molecule has 23 heavy (non-hydrogen) atoms. The molecule has 2 aromatic rings. The van der Waals surface area contributed by atoms with Gasteiger partial charge in [0.1, 0.15) is 17.2 Å². The van der Waals surface area contributed by atoms with Gasteiger partial charge < -0.3 is 24.6 Å². The fourth-order valence-corrected chi connectivity index (χ4v) is 2.88. The molecule has 0 spiro atoms. The number of fused-ring (bicyclic) bond motifs is 1. The van der Waals surface area contributed by atoms with Gasteiger partial charge in [-0.1, -0.05) is 11.3 Å². The highest BCUT2D eigenvalue weighted by Crippen LogP contribution is 2.42. The minimum absolute atomic E-state index is 0.0572. The molecule has 0 amide bonds. The first-order valence-corrected chi connectivity index (χ1v) is 7.31. The highest BCUT2D eigenvalue weighted by Gasteiger charge is 2.34. The van der Waals surface area contributed by atoms with E-state index in [0.717, 1.165) is 5.56 Å². The van der Waals surface area contributed by atoms with Gasteiger partial charge >= 0.3 is 7.12 Å². The fourth-order valence-electron chi connectivity index (χ4n) is 2.88. The standard InChI is InChI=1S/C14H18BN3O5/c1-22-13-3-2-11-9(5-18-6-10(7-19)16-17-18)4-15(21)23-14(11)12(13)8-20/h2-3,6,9,19-21H,4-5,7-8H2,1H3. The van der Waals surface area contributed by atoms with Crippen molar-refractivity contribution in [1.82, 2.24) is 15.0 Å². The molecule has 1 unspecified atom stereocenters. The van der Waals surface area contributed by atoms with Crippen molar-refractivity contribution in [3.63, 3.8) is 0 Å². The van der Waals surface area contributed by atoms with Crippen LogP contribution in [0.3, 0.4) is 0 Å². The average Bonchev–Trinajstić information content (AvgIpc) is 3.01. The summed E-state index contributed by atoms with van der Waals surface area (Å²) >= 11 is 0. The number of hydrogen-bond acceptors (Lipinski definition) is 7. The predicted octanol–water partition coefficient (Wildman–Crippen LogP) is -0.0720. The first-order chi connectivity index (χ1) is 11.2. The Morgan fingerprint density at radius 3 is 2.87 bits per heavy atom. The predicted molar refractivity (Wildman–Crippen MR) is 81.0 cm³/mol. The van der Waals surface area contributed by atoms with Crippen LogP contribution in [-0.2, 0) is 19.8 Å². The van der Waals surface area contributed by atoms with Gasteiger partial charge in [0.05, 0.1) is 32.1 Å². The molecule has 0 fully saturated rings. The van der Waals surface area contributed by atoms with Crippen molar-refractivity contribution < 1.29 is 24.6 Å². The Kier molecular flexibility index (Phi) is 4.51. The van der Waals surface area contributed by atoms with Crippen LogP contribution in [0.4, 0.5) is 0 Å². The molecular weight excluding hydrogens is 301 g/mol. The molecule has 1 atom stereocenters. The van der Waals surface area contributed by atoms with E-state index in [-0.39, 0.29) is 19.1 Å². The number of aliphatic hydroxyl groups is 2. The van der Waals surface area contributed by atoms with E-state index in [0.29, 0.717) is 35.6 Å². The molecule has 0 radical (unpaired) electrons. The second-order valence-electron chi connectivity index (χ2n) is 5.42. The lowest BCUT2D eigenvalue weighted by Crippen LogP contribution is -2.31. The summed E-state index contributed by atoms with van der Waals surface area (Å²) in [5.41, 5.74) is 1.88. The number of methoxy groups -OCH3 is 1. The smallest absolute Gasteiger partial charge is 0.523 e. The van der Waals surface area contributed by atoms with Crippen LogP contribution in [0.2, 0.25) is 6.32 Å². The third-order valence-electron chi connectivity index (χ3n) is 3.96. The van der Waals surface area contributed by atoms with Crippen molar-refractivity contribution in [2.75, 3.05) is 7.11 Å². The topological polar surface area (TPSA) is 110 Å². The van der Waals surface area contributed by atoms with Crippen molar-refractivity contribution in [3.8, 4) is 11.5 Å². The number of ether oxygens (including phenoxy) is 1. The zero-order chi connectivity index (χ0) is 16.4. The molecule has 1 aliphatic rings. The Bertz CT molecular complexity index is 693. The molecule has 3 rings (SSSR count). The van der Waals surface area contributed by atoms with Gasteiger partial charge in [0.2, 0.25) is 0 Å². The van der Waals surface area contributed by atoms with E-state index < -0.39 is 7.12 Å². The Morgan fingerprint density at radius 1 is 1.39 bits per heavy atom. The monoisotopic (exact) mass is 319 g/mol. The molecule has 3 N–H and O–H groups in total. The number of benzene rings is 1. The van der Waals surface area contributed by atoms with E-state index in [9.17, 15) is 10.1 Å². The van der Waals surface area contributed by atoms with Crippen LogP contribution in [0.1, 0.15) is 22.7 Å². The van der Waals surface area contributed by atoms with Gasteiger partial charge in [0, 0.05) is 18.8 Å². The summed E-state index contributed by atoms with van der Waals surface area (Å²) in [4.78, 5) is 0. The SMILES string of the molecule is COc1ccc2c(c1CO)OB(O)CC2Cn1cc(CO)nn1. The summed E-state index contributed by atoms with van der Waals surface area (Å²) in [6.45, 7) is 0.0697. The second kappa shape index (κ2) is 6.57. The van der Waals surface area contributed by atoms with Gasteiger partial charge in [-0.05, 0) is 11.6 Å². The van der Waals surface area contributed by atoms with Gasteiger partial charge in [-0.2, -0.15) is 0 Å². The molecule has 0 bridgehead atoms. The van der Waals surface area contributed by atoms with Crippen molar-refractivity contribution >= 4 is 7.12 Å². The Labute approximate surface area is 133 Å². The largest absolute Gasteiger partial charge is 0.536 e. The first kappa shape index (κ1) is 15.8. The quantitative estimate of drug-likeness (QED) is 0.662. The third-order valence-corrected chi connectivity index (χ3v) is 3.96. The maximum Gasteiger partial charge on any atom is 0.523 e. The Balaban J connectivity index is 1.95. The lowest BCUT2D eigenvalue weighted by Gasteiger charge is -2.29. The van der Waals surface area contributed by atoms with Gasteiger partial charge in [0.15, 0.2) is 0 Å². The summed E-state index contributed by atoms with van der Waals surface area (Å²) in [5.74, 6) is 0.915. The van der Waals surface area contributed by atoms with Gasteiger partial charge in [-0.3, -0.25) is 4.68 Å². The van der Waals surface area contributed by atoms with Crippen LogP contribution >= 0.6 is 0 Å². The maximum atomic E-state index is 10.0. The molecule has 1 aromatic heterocycles. The molecule has 0 saturated carbocycles. The highest BCUT2D eigenvalue weighted by molar-refractivity contribution is 6.44. The molecule has 122 valence electrons. The molecule has 2 heterocycles. The van der Waals surface area contributed by atoms with Gasteiger partial charge in [-0.15, -0.1) is 5.10 Å². The number of nitrogens with zero attached hydrogens (tertiary/aromatic N) is 3. The van der Waals surface area contributed by atoms with E-state index in [1.165, 1.54) is 7.11 Å². The van der Waals surface area contributed by atoms with Crippen molar-refractivity contribution in [2.45, 2.75) is 32.0 Å². The van der Waals surface area contributed by atoms with Crippen molar-refractivity contribution in [2.24, 2.45) is 0 Å². The van der Waals surface area contributed by atoms with Crippen LogP contribution in [0.25, 0.3) is 0 Å². The van der Waals surface area contributed by atoms with Gasteiger partial charge in [0.25, 0.3) is 0 Å². The Morgan fingerprint density at radius 2 is 2.22 bits per heavy atom. The molecule has 0 aliphatic carbocycles. The lowest BCUT2D eigenvalue weighted by atomic mass is 9.71. The molecule has 1 aromatic carbocycles. The van der Waals surface area contributed by atoms with E-state index >= 15 is 0 Å². The first-order valence-electron chi connectivity index (χ1n) is 7.31. The summed E-state index contributed by atoms with van der Waals surface area (Å²) < 4.78 is 12.4. The van der Waals surface area contributed by atoms with Crippen molar-refractivity contribution in [3.05, 3.63) is 35.2 Å². The van der Waals surface area contributed by atoms with E-state index in [1.54, 1.807) is 16.9 Å². The normalized spacial score (nSPS) is 16.9. The number of aliphatic hydroxyl groups excluding tert-OH is 2. The molecular formula is C14H18BN3O5. The zero-order valence-electron chi connectivity index (χ0n) is 12.7. The fraction of sp³-hybridized carbons (Fsp3) is 0.429. The summed E-state index contributed by atoms with van der Waals surface area (Å²) in [6, 6.07) is 3.65. The lowest BCUT2D eigenvalue weighted by molar-refractivity contribution is 0.265. The zero-order valence-corrected chi connectivity index (χ0v) is 12.7. The van der Waals surface area contributed by atoms with Crippen LogP contribution in [0, 0.1) is 0 Å². The van der Waals surface area contributed by atoms with Crippen LogP contribution in [-0.4, -0.2) is 44.5 Å². The summed E-state index contributed by atoms with van der Waals surface area (Å²) in [7, 11) is 0.550. The number of aromatic nitrogens is 3. The van der Waals surface area contributed by atoms with Crippen LogP contribution in [0.5, 0.6) is 11.5 Å². The average molecular weight is 319 g/mol. The maximum absolute atomic E-state index is 10.0. The molecule has 8 nitrogen and oxygen atoms in total. The summed E-state index contributed by atoms with van der Waals surface area (Å²) in [6.07, 6.45) is 2.07. The minimum atomic E-state index is -0.967. The van der Waals surface area contributed by atoms with Crippen molar-refractivity contribution in [1.29, 1.82) is 0 Å². The van der Waals surface area contributed by atoms with E-state index in [2.05, 4.69) is 10.3 Å².